The van der Waals surface area contributed by atoms with Crippen LogP contribution in [0.4, 0.5) is 0 Å². The molecule has 0 amide bonds. The maximum absolute atomic E-state index is 12.6. The smallest absolute Gasteiger partial charge is 0.200 e. The Morgan fingerprint density at radius 3 is 2.20 bits per heavy atom. The summed E-state index contributed by atoms with van der Waals surface area (Å²) >= 11 is 3.37. The first-order valence-corrected chi connectivity index (χ1v) is 6.80. The van der Waals surface area contributed by atoms with Gasteiger partial charge in [0.05, 0.1) is 29.8 Å². The van der Waals surface area contributed by atoms with Crippen LogP contribution in [-0.2, 0) is 0 Å². The van der Waals surface area contributed by atoms with Gasteiger partial charge in [-0.1, -0.05) is 0 Å². The van der Waals surface area contributed by atoms with Crippen LogP contribution in [0.15, 0.2) is 27.1 Å². The predicted octanol–water partition coefficient (Wildman–Crippen LogP) is 3.91. The molecule has 5 heteroatoms. The van der Waals surface area contributed by atoms with Crippen LogP contribution in [0.2, 0.25) is 0 Å². The largest absolute Gasteiger partial charge is 0.496 e. The minimum absolute atomic E-state index is 0.151. The Kier molecular flexibility index (Phi) is 4.18. The summed E-state index contributed by atoms with van der Waals surface area (Å²) in [7, 11) is 3.08. The van der Waals surface area contributed by atoms with Crippen molar-refractivity contribution in [3.05, 3.63) is 45.3 Å². The molecule has 0 radical (unpaired) electrons. The van der Waals surface area contributed by atoms with Crippen molar-refractivity contribution in [1.29, 1.82) is 0 Å². The molecule has 0 aliphatic carbocycles. The van der Waals surface area contributed by atoms with Gasteiger partial charge in [0.15, 0.2) is 5.78 Å². The zero-order chi connectivity index (χ0) is 14.9. The molecule has 0 saturated carbocycles. The summed E-state index contributed by atoms with van der Waals surface area (Å²) in [4.78, 5) is 12.6. The predicted molar refractivity (Wildman–Crippen MR) is 78.9 cm³/mol. The number of carbonyl (C=O) groups excluding carboxylic acids is 1. The number of ether oxygens (including phenoxy) is 2. The summed E-state index contributed by atoms with van der Waals surface area (Å²) in [6.07, 6.45) is 0. The lowest BCUT2D eigenvalue weighted by atomic mass is 10.0. The number of carbonyl (C=O) groups is 1. The Balaban J connectivity index is 2.56. The number of methoxy groups -OCH3 is 2. The Labute approximate surface area is 125 Å². The van der Waals surface area contributed by atoms with Gasteiger partial charge in [-0.15, -0.1) is 0 Å². The van der Waals surface area contributed by atoms with Crippen molar-refractivity contribution in [3.63, 3.8) is 0 Å². The van der Waals surface area contributed by atoms with E-state index in [4.69, 9.17) is 13.9 Å². The molecule has 20 heavy (non-hydrogen) atoms. The van der Waals surface area contributed by atoms with Crippen LogP contribution in [-0.4, -0.2) is 20.0 Å². The Bertz CT molecular complexity index is 658. The molecule has 0 spiro atoms. The second kappa shape index (κ2) is 5.71. The molecule has 0 aliphatic heterocycles. The number of ketones is 1. The summed E-state index contributed by atoms with van der Waals surface area (Å²) < 4.78 is 16.6. The fourth-order valence-corrected chi connectivity index (χ4v) is 2.52. The van der Waals surface area contributed by atoms with Crippen molar-refractivity contribution in [2.24, 2.45) is 0 Å². The van der Waals surface area contributed by atoms with Gasteiger partial charge in [-0.2, -0.15) is 0 Å². The highest BCUT2D eigenvalue weighted by atomic mass is 79.9. The van der Waals surface area contributed by atoms with Crippen molar-refractivity contribution < 1.29 is 18.7 Å². The SMILES string of the molecule is COc1cc(C(=O)c2cc(C)oc2C)c(OC)cc1Br. The van der Waals surface area contributed by atoms with E-state index < -0.39 is 0 Å². The number of halogens is 1. The van der Waals surface area contributed by atoms with Gasteiger partial charge in [0.1, 0.15) is 23.0 Å². The van der Waals surface area contributed by atoms with Crippen molar-refractivity contribution >= 4 is 21.7 Å². The molecule has 0 bridgehead atoms. The maximum Gasteiger partial charge on any atom is 0.200 e. The molecule has 106 valence electrons. The van der Waals surface area contributed by atoms with Crippen molar-refractivity contribution in [2.45, 2.75) is 13.8 Å². The summed E-state index contributed by atoms with van der Waals surface area (Å²) in [5.74, 6) is 2.21. The second-order valence-electron chi connectivity index (χ2n) is 4.34. The Morgan fingerprint density at radius 1 is 1.05 bits per heavy atom. The van der Waals surface area contributed by atoms with E-state index in [1.165, 1.54) is 7.11 Å². The first-order chi connectivity index (χ1) is 9.47. The first kappa shape index (κ1) is 14.7. The third-order valence-electron chi connectivity index (χ3n) is 3.00. The molecule has 2 aromatic rings. The first-order valence-electron chi connectivity index (χ1n) is 6.01. The lowest BCUT2D eigenvalue weighted by molar-refractivity contribution is 0.103. The van der Waals surface area contributed by atoms with Crippen LogP contribution in [0, 0.1) is 13.8 Å². The zero-order valence-electron chi connectivity index (χ0n) is 11.7. The van der Waals surface area contributed by atoms with Crippen molar-refractivity contribution in [1.82, 2.24) is 0 Å². The van der Waals surface area contributed by atoms with Gasteiger partial charge in [-0.3, -0.25) is 4.79 Å². The normalized spacial score (nSPS) is 10.4. The highest BCUT2D eigenvalue weighted by Crippen LogP contribution is 2.34. The van der Waals surface area contributed by atoms with Crippen LogP contribution in [0.3, 0.4) is 0 Å². The zero-order valence-corrected chi connectivity index (χ0v) is 13.3. The monoisotopic (exact) mass is 338 g/mol. The van der Waals surface area contributed by atoms with E-state index in [1.807, 2.05) is 6.92 Å². The van der Waals surface area contributed by atoms with Crippen LogP contribution >= 0.6 is 15.9 Å². The third kappa shape index (κ3) is 2.58. The third-order valence-corrected chi connectivity index (χ3v) is 3.62. The molecule has 0 N–H and O–H groups in total. The molecule has 4 nitrogen and oxygen atoms in total. The Hall–Kier alpha value is -1.75. The van der Waals surface area contributed by atoms with Crippen LogP contribution in [0.1, 0.15) is 27.4 Å². The molecular weight excluding hydrogens is 324 g/mol. The minimum Gasteiger partial charge on any atom is -0.496 e. The number of furan rings is 1. The average Bonchev–Trinajstić information content (AvgIpc) is 2.76. The molecule has 2 rings (SSSR count). The van der Waals surface area contributed by atoms with Gasteiger partial charge < -0.3 is 13.9 Å². The Morgan fingerprint density at radius 2 is 1.70 bits per heavy atom. The molecule has 0 unspecified atom stereocenters. The molecular formula is C15H15BrO4. The van der Waals surface area contributed by atoms with E-state index in [-0.39, 0.29) is 5.78 Å². The van der Waals surface area contributed by atoms with Crippen LogP contribution < -0.4 is 9.47 Å². The molecule has 1 aromatic heterocycles. The molecule has 0 atom stereocenters. The van der Waals surface area contributed by atoms with Crippen molar-refractivity contribution in [2.75, 3.05) is 14.2 Å². The van der Waals surface area contributed by atoms with E-state index >= 15 is 0 Å². The highest BCUT2D eigenvalue weighted by molar-refractivity contribution is 9.10. The van der Waals surface area contributed by atoms with Gasteiger partial charge >= 0.3 is 0 Å². The van der Waals surface area contributed by atoms with E-state index in [0.717, 1.165) is 4.47 Å². The lowest BCUT2D eigenvalue weighted by Crippen LogP contribution is -2.05. The quantitative estimate of drug-likeness (QED) is 0.793. The fourth-order valence-electron chi connectivity index (χ4n) is 2.04. The summed E-state index contributed by atoms with van der Waals surface area (Å²) in [5.41, 5.74) is 0.974. The number of hydrogen-bond donors (Lipinski definition) is 0. The second-order valence-corrected chi connectivity index (χ2v) is 5.20. The number of rotatable bonds is 4. The summed E-state index contributed by atoms with van der Waals surface area (Å²) in [5, 5.41) is 0. The van der Waals surface area contributed by atoms with E-state index in [0.29, 0.717) is 34.1 Å². The highest BCUT2D eigenvalue weighted by Gasteiger charge is 2.21. The molecule has 0 saturated heterocycles. The minimum atomic E-state index is -0.151. The molecule has 0 aliphatic rings. The van der Waals surface area contributed by atoms with Gasteiger partial charge in [0.2, 0.25) is 0 Å². The topological polar surface area (TPSA) is 48.7 Å². The summed E-state index contributed by atoms with van der Waals surface area (Å²) in [6, 6.07) is 5.10. The van der Waals surface area contributed by atoms with E-state index in [2.05, 4.69) is 15.9 Å². The van der Waals surface area contributed by atoms with Gasteiger partial charge in [0.25, 0.3) is 0 Å². The molecule has 1 heterocycles. The van der Waals surface area contributed by atoms with Crippen LogP contribution in [0.25, 0.3) is 0 Å². The number of hydrogen-bond acceptors (Lipinski definition) is 4. The van der Waals surface area contributed by atoms with Gasteiger partial charge in [-0.05, 0) is 48.0 Å². The molecule has 1 aromatic carbocycles. The average molecular weight is 339 g/mol. The maximum atomic E-state index is 12.6. The summed E-state index contributed by atoms with van der Waals surface area (Å²) in [6.45, 7) is 3.58. The number of aryl methyl sites for hydroxylation is 2. The lowest BCUT2D eigenvalue weighted by Gasteiger charge is -2.11. The van der Waals surface area contributed by atoms with Crippen LogP contribution in [0.5, 0.6) is 11.5 Å². The van der Waals surface area contributed by atoms with Crippen molar-refractivity contribution in [3.8, 4) is 11.5 Å². The van der Waals surface area contributed by atoms with E-state index in [9.17, 15) is 4.79 Å². The molecule has 0 fully saturated rings. The standard InChI is InChI=1S/C15H15BrO4/c1-8-5-10(9(2)20-8)15(17)11-6-14(19-4)12(16)7-13(11)18-3/h5-7H,1-4H3. The van der Waals surface area contributed by atoms with E-state index in [1.54, 1.807) is 32.2 Å². The van der Waals surface area contributed by atoms with Gasteiger partial charge in [-0.25, -0.2) is 0 Å². The number of benzene rings is 1. The fraction of sp³-hybridized carbons (Fsp3) is 0.267. The van der Waals surface area contributed by atoms with Gasteiger partial charge in [0, 0.05) is 0 Å².